The topological polar surface area (TPSA) is 72.4 Å². The maximum Gasteiger partial charge on any atom is 0.250 e. The number of amides is 1. The van der Waals surface area contributed by atoms with E-state index < -0.39 is 0 Å². The molecule has 0 radical (unpaired) electrons. The van der Waals surface area contributed by atoms with Crippen LogP contribution in [0, 0.1) is 0 Å². The van der Waals surface area contributed by atoms with E-state index in [1.54, 1.807) is 30.8 Å². The molecule has 0 atom stereocenters. The molecule has 2 heterocycles. The van der Waals surface area contributed by atoms with Crippen LogP contribution in [-0.2, 0) is 22.5 Å². The lowest BCUT2D eigenvalue weighted by molar-refractivity contribution is -0.167. The number of carbonyl (C=O) groups excluding carboxylic acids is 2. The second-order valence-electron chi connectivity index (χ2n) is 6.44. The molecule has 0 aliphatic heterocycles. The van der Waals surface area contributed by atoms with E-state index in [0.717, 1.165) is 15.0 Å². The lowest BCUT2D eigenvalue weighted by Gasteiger charge is -2.13. The third-order valence-corrected chi connectivity index (χ3v) is 6.24. The molecule has 9 heteroatoms. The average Bonchev–Trinajstić information content (AvgIpc) is 3.55. The monoisotopic (exact) mass is 561 g/mol. The van der Waals surface area contributed by atoms with Gasteiger partial charge in [-0.15, -0.1) is 22.7 Å². The van der Waals surface area contributed by atoms with Crippen molar-refractivity contribution in [3.8, 4) is 0 Å². The summed E-state index contributed by atoms with van der Waals surface area (Å²) < 4.78 is 0.947. The maximum absolute atomic E-state index is 11.6. The standard InChI is InChI=1S/C11H9NOS.C10H13NO2.C3H2BrNS.CH4/c13-10(11-12-6-7-14-11)8-9-4-2-1-3-5-9;1-11(13-2)10(12)8-9-6-4-3-5-7-9;4-3-5-1-2-6-3;/h1-7H,8H2;3-7H,8H2,1-2H3;1-2H;1H4. The second-order valence-corrected chi connectivity index (χ2v) is 9.51. The number of hydroxylamine groups is 2. The molecule has 0 bridgehead atoms. The van der Waals surface area contributed by atoms with Gasteiger partial charge < -0.3 is 0 Å². The Kier molecular flexibility index (Phi) is 14.5. The van der Waals surface area contributed by atoms with Crippen LogP contribution in [0.3, 0.4) is 0 Å². The summed E-state index contributed by atoms with van der Waals surface area (Å²) in [6.07, 6.45) is 4.23. The van der Waals surface area contributed by atoms with Crippen LogP contribution in [0.15, 0.2) is 87.7 Å². The summed E-state index contributed by atoms with van der Waals surface area (Å²) in [5.74, 6) is 0.0416. The van der Waals surface area contributed by atoms with Gasteiger partial charge in [-0.05, 0) is 27.1 Å². The molecule has 180 valence electrons. The number of Topliss-reactive ketones (excluding diaryl/α,β-unsaturated/α-hetero) is 1. The summed E-state index contributed by atoms with van der Waals surface area (Å²) in [6, 6.07) is 19.3. The maximum atomic E-state index is 11.6. The Morgan fingerprint density at radius 3 is 1.82 bits per heavy atom. The summed E-state index contributed by atoms with van der Waals surface area (Å²) in [4.78, 5) is 35.6. The van der Waals surface area contributed by atoms with Crippen molar-refractivity contribution in [3.05, 3.63) is 104 Å². The predicted octanol–water partition coefficient (Wildman–Crippen LogP) is 6.36. The minimum Gasteiger partial charge on any atom is -0.291 e. The normalized spacial score (nSPS) is 9.38. The van der Waals surface area contributed by atoms with Crippen molar-refractivity contribution >= 4 is 50.3 Å². The predicted molar refractivity (Wildman–Crippen MR) is 143 cm³/mol. The van der Waals surface area contributed by atoms with Gasteiger partial charge in [-0.1, -0.05) is 68.1 Å². The van der Waals surface area contributed by atoms with Gasteiger partial charge in [-0.2, -0.15) is 0 Å². The number of likely N-dealkylation sites (N-methyl/N-ethyl adjacent to an activating group) is 1. The molecule has 1 amide bonds. The van der Waals surface area contributed by atoms with Gasteiger partial charge in [0.25, 0.3) is 0 Å². The minimum absolute atomic E-state index is 0. The molecule has 2 aromatic heterocycles. The van der Waals surface area contributed by atoms with Crippen LogP contribution in [0.2, 0.25) is 0 Å². The zero-order valence-electron chi connectivity index (χ0n) is 18.3. The zero-order valence-corrected chi connectivity index (χ0v) is 21.5. The smallest absolute Gasteiger partial charge is 0.250 e. The Hall–Kier alpha value is -2.72. The molecule has 0 saturated carbocycles. The van der Waals surface area contributed by atoms with Crippen LogP contribution in [0.1, 0.15) is 28.4 Å². The molecule has 34 heavy (non-hydrogen) atoms. The fourth-order valence-electron chi connectivity index (χ4n) is 2.41. The third-order valence-electron chi connectivity index (χ3n) is 4.10. The fourth-order valence-corrected chi connectivity index (χ4v) is 3.78. The molecule has 0 aliphatic carbocycles. The van der Waals surface area contributed by atoms with E-state index in [1.165, 1.54) is 23.5 Å². The number of hydrogen-bond donors (Lipinski definition) is 0. The first-order valence-electron chi connectivity index (χ1n) is 9.85. The Labute approximate surface area is 217 Å². The molecule has 0 fully saturated rings. The Balaban J connectivity index is 0.000000269. The molecule has 0 saturated heterocycles. The Morgan fingerprint density at radius 1 is 0.882 bits per heavy atom. The fraction of sp³-hybridized carbons (Fsp3) is 0.200. The number of rotatable bonds is 6. The summed E-state index contributed by atoms with van der Waals surface area (Å²) in [7, 11) is 3.08. The molecule has 0 spiro atoms. The van der Waals surface area contributed by atoms with Crippen molar-refractivity contribution in [3.63, 3.8) is 0 Å². The Bertz CT molecular complexity index is 1060. The van der Waals surface area contributed by atoms with Crippen molar-refractivity contribution in [2.24, 2.45) is 0 Å². The van der Waals surface area contributed by atoms with Crippen molar-refractivity contribution in [2.45, 2.75) is 20.3 Å². The number of carbonyl (C=O) groups is 2. The van der Waals surface area contributed by atoms with E-state index in [0.29, 0.717) is 17.8 Å². The molecule has 0 aliphatic rings. The second kappa shape index (κ2) is 16.8. The summed E-state index contributed by atoms with van der Waals surface area (Å²) in [6.45, 7) is 0. The number of aromatic nitrogens is 2. The van der Waals surface area contributed by atoms with Gasteiger partial charge in [0.05, 0.1) is 13.5 Å². The van der Waals surface area contributed by atoms with Crippen LogP contribution in [0.25, 0.3) is 0 Å². The number of benzene rings is 2. The molecule has 6 nitrogen and oxygen atoms in total. The van der Waals surface area contributed by atoms with Crippen molar-refractivity contribution < 1.29 is 14.4 Å². The highest BCUT2D eigenvalue weighted by atomic mass is 79.9. The van der Waals surface area contributed by atoms with Gasteiger partial charge in [0.15, 0.2) is 14.7 Å². The van der Waals surface area contributed by atoms with Crippen molar-refractivity contribution in [2.75, 3.05) is 14.2 Å². The molecule has 0 N–H and O–H groups in total. The van der Waals surface area contributed by atoms with Gasteiger partial charge in [0.2, 0.25) is 5.91 Å². The number of thiazole rings is 2. The van der Waals surface area contributed by atoms with Crippen LogP contribution < -0.4 is 0 Å². The molecule has 4 aromatic rings. The van der Waals surface area contributed by atoms with Gasteiger partial charge >= 0.3 is 0 Å². The molecular weight excluding hydrogens is 534 g/mol. The van der Waals surface area contributed by atoms with E-state index in [-0.39, 0.29) is 19.1 Å². The van der Waals surface area contributed by atoms with E-state index in [1.807, 2.05) is 71.4 Å². The third kappa shape index (κ3) is 11.4. The lowest BCUT2D eigenvalue weighted by atomic mass is 10.1. The van der Waals surface area contributed by atoms with Gasteiger partial charge in [0, 0.05) is 36.6 Å². The quantitative estimate of drug-likeness (QED) is 0.202. The molecular formula is C25H28BrN3O3S2. The highest BCUT2D eigenvalue weighted by Gasteiger charge is 2.09. The number of ketones is 1. The number of hydrogen-bond acceptors (Lipinski definition) is 7. The van der Waals surface area contributed by atoms with E-state index in [4.69, 9.17) is 4.84 Å². The van der Waals surface area contributed by atoms with Crippen molar-refractivity contribution in [1.82, 2.24) is 15.0 Å². The number of halogens is 1. The average molecular weight is 563 g/mol. The van der Waals surface area contributed by atoms with Gasteiger partial charge in [0.1, 0.15) is 0 Å². The largest absolute Gasteiger partial charge is 0.291 e. The van der Waals surface area contributed by atoms with Crippen LogP contribution in [-0.4, -0.2) is 40.9 Å². The SMILES string of the molecule is Brc1nccs1.C.CON(C)C(=O)Cc1ccccc1.O=C(Cc1ccccc1)c1nccs1. The van der Waals surface area contributed by atoms with E-state index in [2.05, 4.69) is 25.9 Å². The molecule has 4 rings (SSSR count). The van der Waals surface area contributed by atoms with Crippen LogP contribution in [0.4, 0.5) is 0 Å². The first-order chi connectivity index (χ1) is 16.0. The van der Waals surface area contributed by atoms with Gasteiger partial charge in [-0.3, -0.25) is 14.4 Å². The summed E-state index contributed by atoms with van der Waals surface area (Å²) in [5, 5.41) is 5.56. The van der Waals surface area contributed by atoms with E-state index >= 15 is 0 Å². The summed E-state index contributed by atoms with van der Waals surface area (Å²) in [5.41, 5.74) is 2.03. The lowest BCUT2D eigenvalue weighted by Crippen LogP contribution is -2.26. The van der Waals surface area contributed by atoms with Crippen LogP contribution >= 0.6 is 38.6 Å². The number of nitrogens with zero attached hydrogens (tertiary/aromatic N) is 3. The first-order valence-corrected chi connectivity index (χ1v) is 12.4. The summed E-state index contributed by atoms with van der Waals surface area (Å²) >= 11 is 6.16. The molecule has 0 unspecified atom stereocenters. The van der Waals surface area contributed by atoms with Crippen LogP contribution in [0.5, 0.6) is 0 Å². The minimum atomic E-state index is -0.0475. The van der Waals surface area contributed by atoms with E-state index in [9.17, 15) is 9.59 Å². The highest BCUT2D eigenvalue weighted by Crippen LogP contribution is 2.10. The van der Waals surface area contributed by atoms with Gasteiger partial charge in [-0.25, -0.2) is 15.0 Å². The molecule has 2 aromatic carbocycles. The first kappa shape index (κ1) is 29.3. The Morgan fingerprint density at radius 2 is 1.41 bits per heavy atom. The van der Waals surface area contributed by atoms with Crippen molar-refractivity contribution in [1.29, 1.82) is 0 Å². The zero-order chi connectivity index (χ0) is 23.9. The highest BCUT2D eigenvalue weighted by molar-refractivity contribution is 9.11.